The van der Waals surface area contributed by atoms with Crippen molar-refractivity contribution in [1.82, 2.24) is 9.62 Å². The predicted molar refractivity (Wildman–Crippen MR) is 87.3 cm³/mol. The lowest BCUT2D eigenvalue weighted by Gasteiger charge is -2.26. The van der Waals surface area contributed by atoms with Gasteiger partial charge in [-0.05, 0) is 11.1 Å². The molecular weight excluding hydrogens is 296 g/mol. The molecule has 0 bridgehead atoms. The van der Waals surface area contributed by atoms with Crippen molar-refractivity contribution in [3.8, 4) is 0 Å². The molecule has 0 radical (unpaired) electrons. The topological polar surface area (TPSA) is 49.4 Å². The van der Waals surface area contributed by atoms with E-state index in [9.17, 15) is 8.42 Å². The summed E-state index contributed by atoms with van der Waals surface area (Å²) in [6, 6.07) is 19.0. The number of hydrogen-bond donors (Lipinski definition) is 1. The maximum Gasteiger partial charge on any atom is 0.233 e. The minimum absolute atomic E-state index is 0.161. The summed E-state index contributed by atoms with van der Waals surface area (Å²) in [5.74, 6) is 0.408. The summed E-state index contributed by atoms with van der Waals surface area (Å²) in [5.41, 5.74) is 1.97. The van der Waals surface area contributed by atoms with E-state index < -0.39 is 10.0 Å². The molecule has 4 nitrogen and oxygen atoms in total. The molecule has 2 aromatic rings. The van der Waals surface area contributed by atoms with E-state index in [4.69, 9.17) is 0 Å². The Morgan fingerprint density at radius 3 is 1.95 bits per heavy atom. The van der Waals surface area contributed by atoms with Crippen molar-refractivity contribution in [3.63, 3.8) is 0 Å². The van der Waals surface area contributed by atoms with Crippen LogP contribution in [0.15, 0.2) is 73.1 Å². The largest absolute Gasteiger partial charge is 0.362 e. The summed E-state index contributed by atoms with van der Waals surface area (Å²) in [6.45, 7) is 3.89. The average molecular weight is 314 g/mol. The van der Waals surface area contributed by atoms with Crippen LogP contribution in [0, 0.1) is 0 Å². The van der Waals surface area contributed by atoms with Crippen LogP contribution in [0.3, 0.4) is 0 Å². The Labute approximate surface area is 131 Å². The Morgan fingerprint density at radius 1 is 0.955 bits per heavy atom. The first kappa shape index (κ1) is 14.7. The van der Waals surface area contributed by atoms with Crippen molar-refractivity contribution < 1.29 is 8.42 Å². The van der Waals surface area contributed by atoms with Gasteiger partial charge in [0.15, 0.2) is 0 Å². The zero-order valence-electron chi connectivity index (χ0n) is 12.3. The lowest BCUT2D eigenvalue weighted by Crippen LogP contribution is -2.29. The number of rotatable bonds is 3. The van der Waals surface area contributed by atoms with Crippen LogP contribution in [0.1, 0.15) is 23.2 Å². The number of nitrogens with zero attached hydrogens (tertiary/aromatic N) is 1. The second-order valence-electron chi connectivity index (χ2n) is 5.39. The Hall–Kier alpha value is -2.27. The molecule has 2 aromatic carbocycles. The van der Waals surface area contributed by atoms with Crippen LogP contribution >= 0.6 is 0 Å². The maximum absolute atomic E-state index is 12.2. The van der Waals surface area contributed by atoms with Crippen LogP contribution in [0.5, 0.6) is 0 Å². The summed E-state index contributed by atoms with van der Waals surface area (Å²) in [6.07, 6.45) is 1.21. The first-order valence-electron chi connectivity index (χ1n) is 7.03. The van der Waals surface area contributed by atoms with E-state index in [1.165, 1.54) is 10.6 Å². The summed E-state index contributed by atoms with van der Waals surface area (Å²) in [7, 11) is -3.42. The van der Waals surface area contributed by atoms with Crippen LogP contribution in [0.25, 0.3) is 0 Å². The van der Waals surface area contributed by atoms with Gasteiger partial charge in [0.2, 0.25) is 10.0 Å². The van der Waals surface area contributed by atoms with E-state index in [1.807, 2.05) is 60.7 Å². The van der Waals surface area contributed by atoms with Gasteiger partial charge in [-0.1, -0.05) is 67.2 Å². The standard InChI is InChI=1S/C17H18N2O2S/c1-13-18-16(14-9-5-3-6-10-14)17(19(13)22(2,20)21)15-11-7-4-8-12-15/h3-12,16-18H,1H2,2H3/t16-,17-/m1/s1. The van der Waals surface area contributed by atoms with Gasteiger partial charge in [-0.15, -0.1) is 0 Å². The highest BCUT2D eigenvalue weighted by Crippen LogP contribution is 2.42. The Bertz CT molecular complexity index is 773. The van der Waals surface area contributed by atoms with Crippen LogP contribution in [-0.2, 0) is 10.0 Å². The molecule has 1 heterocycles. The van der Waals surface area contributed by atoms with E-state index in [0.29, 0.717) is 5.82 Å². The SMILES string of the molecule is C=C1N[C@H](c2ccccc2)[C@@H](c2ccccc2)N1S(C)(=O)=O. The summed E-state index contributed by atoms with van der Waals surface area (Å²) in [4.78, 5) is 0. The molecule has 0 aromatic heterocycles. The molecule has 1 saturated heterocycles. The van der Waals surface area contributed by atoms with Gasteiger partial charge in [-0.3, -0.25) is 0 Å². The first-order valence-corrected chi connectivity index (χ1v) is 8.88. The van der Waals surface area contributed by atoms with E-state index in [0.717, 1.165) is 11.1 Å². The third-order valence-corrected chi connectivity index (χ3v) is 4.98. The van der Waals surface area contributed by atoms with Gasteiger partial charge in [0.05, 0.1) is 18.3 Å². The van der Waals surface area contributed by atoms with Crippen molar-refractivity contribution in [2.24, 2.45) is 0 Å². The third-order valence-electron chi connectivity index (χ3n) is 3.81. The number of benzene rings is 2. The Balaban J connectivity index is 2.13. The molecule has 5 heteroatoms. The lowest BCUT2D eigenvalue weighted by molar-refractivity contribution is 0.408. The monoisotopic (exact) mass is 314 g/mol. The van der Waals surface area contributed by atoms with E-state index in [1.54, 1.807) is 0 Å². The smallest absolute Gasteiger partial charge is 0.233 e. The molecule has 0 aliphatic carbocycles. The van der Waals surface area contributed by atoms with Crippen LogP contribution in [0.4, 0.5) is 0 Å². The van der Waals surface area contributed by atoms with Crippen molar-refractivity contribution in [3.05, 3.63) is 84.2 Å². The summed E-state index contributed by atoms with van der Waals surface area (Å²) in [5, 5.41) is 3.23. The fourth-order valence-corrected chi connectivity index (χ4v) is 4.04. The van der Waals surface area contributed by atoms with Gasteiger partial charge < -0.3 is 5.32 Å². The quantitative estimate of drug-likeness (QED) is 0.948. The van der Waals surface area contributed by atoms with Gasteiger partial charge >= 0.3 is 0 Å². The molecular formula is C17H18N2O2S. The predicted octanol–water partition coefficient (Wildman–Crippen LogP) is 2.81. The van der Waals surface area contributed by atoms with E-state index >= 15 is 0 Å². The second-order valence-corrected chi connectivity index (χ2v) is 7.25. The zero-order valence-corrected chi connectivity index (χ0v) is 13.1. The Morgan fingerprint density at radius 2 is 1.45 bits per heavy atom. The van der Waals surface area contributed by atoms with Crippen LogP contribution in [0.2, 0.25) is 0 Å². The van der Waals surface area contributed by atoms with Gasteiger partial charge in [0.1, 0.15) is 5.82 Å². The Kier molecular flexibility index (Phi) is 3.66. The van der Waals surface area contributed by atoms with Crippen LogP contribution in [-0.4, -0.2) is 19.0 Å². The minimum atomic E-state index is -3.42. The highest BCUT2D eigenvalue weighted by molar-refractivity contribution is 7.88. The van der Waals surface area contributed by atoms with Crippen LogP contribution < -0.4 is 5.32 Å². The lowest BCUT2D eigenvalue weighted by atomic mass is 9.95. The molecule has 3 rings (SSSR count). The van der Waals surface area contributed by atoms with Crippen molar-refractivity contribution in [2.45, 2.75) is 12.1 Å². The maximum atomic E-state index is 12.2. The number of nitrogens with one attached hydrogen (secondary N) is 1. The molecule has 1 aliphatic heterocycles. The van der Waals surface area contributed by atoms with Gasteiger partial charge in [-0.2, -0.15) is 0 Å². The minimum Gasteiger partial charge on any atom is -0.362 e. The molecule has 0 saturated carbocycles. The zero-order chi connectivity index (χ0) is 15.7. The molecule has 22 heavy (non-hydrogen) atoms. The fourth-order valence-electron chi connectivity index (χ4n) is 2.94. The third kappa shape index (κ3) is 2.60. The van der Waals surface area contributed by atoms with Crippen molar-refractivity contribution in [2.75, 3.05) is 6.26 Å². The molecule has 1 N–H and O–H groups in total. The highest BCUT2D eigenvalue weighted by Gasteiger charge is 2.42. The molecule has 2 atom stereocenters. The van der Waals surface area contributed by atoms with Crippen molar-refractivity contribution >= 4 is 10.0 Å². The average Bonchev–Trinajstić information content (AvgIpc) is 2.86. The molecule has 1 aliphatic rings. The van der Waals surface area contributed by atoms with Crippen molar-refractivity contribution in [1.29, 1.82) is 0 Å². The van der Waals surface area contributed by atoms with E-state index in [-0.39, 0.29) is 12.1 Å². The van der Waals surface area contributed by atoms with E-state index in [2.05, 4.69) is 11.9 Å². The molecule has 0 spiro atoms. The first-order chi connectivity index (χ1) is 10.5. The second kappa shape index (κ2) is 5.50. The van der Waals surface area contributed by atoms with Gasteiger partial charge in [-0.25, -0.2) is 12.7 Å². The normalized spacial score (nSPS) is 21.7. The molecule has 0 amide bonds. The summed E-state index contributed by atoms with van der Waals surface area (Å²) < 4.78 is 25.8. The fraction of sp³-hybridized carbons (Fsp3) is 0.176. The molecule has 114 valence electrons. The number of sulfonamides is 1. The highest BCUT2D eigenvalue weighted by atomic mass is 32.2. The van der Waals surface area contributed by atoms with Gasteiger partial charge in [0.25, 0.3) is 0 Å². The van der Waals surface area contributed by atoms with Gasteiger partial charge in [0, 0.05) is 0 Å². The summed E-state index contributed by atoms with van der Waals surface area (Å²) >= 11 is 0. The molecule has 0 unspecified atom stereocenters. The molecule has 1 fully saturated rings. The number of hydrogen-bond acceptors (Lipinski definition) is 3.